The molecule has 1 atom stereocenters. The molecule has 0 spiro atoms. The van der Waals surface area contributed by atoms with Gasteiger partial charge in [0.25, 0.3) is 0 Å². The monoisotopic (exact) mass is 568 g/mol. The van der Waals surface area contributed by atoms with Gasteiger partial charge in [0, 0.05) is 39.6 Å². The summed E-state index contributed by atoms with van der Waals surface area (Å²) in [6.45, 7) is 7.30. The first kappa shape index (κ1) is 28.7. The molecule has 0 bridgehead atoms. The van der Waals surface area contributed by atoms with Crippen LogP contribution in [0.25, 0.3) is 0 Å². The van der Waals surface area contributed by atoms with E-state index in [2.05, 4.69) is 15.6 Å². The summed E-state index contributed by atoms with van der Waals surface area (Å²) in [5, 5.41) is 16.3. The molecule has 0 aliphatic heterocycles. The van der Waals surface area contributed by atoms with Gasteiger partial charge >= 0.3 is 6.09 Å². The van der Waals surface area contributed by atoms with Crippen LogP contribution in [-0.4, -0.2) is 54.9 Å². The summed E-state index contributed by atoms with van der Waals surface area (Å²) in [4.78, 5) is 17.9. The van der Waals surface area contributed by atoms with Crippen molar-refractivity contribution in [2.24, 2.45) is 4.99 Å². The van der Waals surface area contributed by atoms with Gasteiger partial charge in [-0.3, -0.25) is 4.99 Å². The van der Waals surface area contributed by atoms with Gasteiger partial charge in [-0.2, -0.15) is 0 Å². The van der Waals surface area contributed by atoms with E-state index in [0.29, 0.717) is 25.6 Å². The van der Waals surface area contributed by atoms with E-state index >= 15 is 0 Å². The van der Waals surface area contributed by atoms with Crippen molar-refractivity contribution < 1.29 is 14.6 Å². The van der Waals surface area contributed by atoms with Gasteiger partial charge < -0.3 is 25.4 Å². The van der Waals surface area contributed by atoms with E-state index in [4.69, 9.17) is 4.74 Å². The Labute approximate surface area is 214 Å². The molecular weight excluding hydrogens is 531 g/mol. The number of benzene rings is 2. The normalized spacial score (nSPS) is 12.4. The summed E-state index contributed by atoms with van der Waals surface area (Å²) in [7, 11) is 3.45. The molecule has 0 fully saturated rings. The highest BCUT2D eigenvalue weighted by Gasteiger charge is 2.19. The zero-order valence-corrected chi connectivity index (χ0v) is 22.5. The maximum Gasteiger partial charge on any atom is 0.410 e. The van der Waals surface area contributed by atoms with E-state index in [1.165, 1.54) is 0 Å². The van der Waals surface area contributed by atoms with Crippen LogP contribution >= 0.6 is 24.0 Å². The summed E-state index contributed by atoms with van der Waals surface area (Å²) in [6, 6.07) is 18.0. The molecule has 0 heterocycles. The third kappa shape index (κ3) is 10.4. The molecule has 182 valence electrons. The molecule has 0 aromatic heterocycles. The molecule has 2 rings (SSSR count). The Bertz CT molecular complexity index is 867. The van der Waals surface area contributed by atoms with E-state index in [-0.39, 0.29) is 42.6 Å². The number of hydrogen-bond acceptors (Lipinski definition) is 4. The SMILES string of the molecule is CN=C(NCc1ccc(CN(C)C(=O)OC(C)(C)C)cc1)NCC(CO)c1ccccc1.I. The molecular formula is C25H37IN4O3. The van der Waals surface area contributed by atoms with E-state index < -0.39 is 5.60 Å². The Morgan fingerprint density at radius 2 is 1.67 bits per heavy atom. The summed E-state index contributed by atoms with van der Waals surface area (Å²) in [5.74, 6) is 0.670. The molecule has 0 aliphatic rings. The van der Waals surface area contributed by atoms with Gasteiger partial charge in [-0.05, 0) is 37.5 Å². The van der Waals surface area contributed by atoms with Crippen molar-refractivity contribution in [2.45, 2.75) is 45.4 Å². The molecule has 7 nitrogen and oxygen atoms in total. The Morgan fingerprint density at radius 3 is 2.21 bits per heavy atom. The van der Waals surface area contributed by atoms with E-state index in [1.54, 1.807) is 19.0 Å². The highest BCUT2D eigenvalue weighted by molar-refractivity contribution is 14.0. The molecule has 1 amide bonds. The van der Waals surface area contributed by atoms with Crippen molar-refractivity contribution in [1.29, 1.82) is 0 Å². The van der Waals surface area contributed by atoms with Crippen LogP contribution in [0.1, 0.15) is 43.4 Å². The first-order valence-corrected chi connectivity index (χ1v) is 10.8. The second-order valence-corrected chi connectivity index (χ2v) is 8.75. The maximum absolute atomic E-state index is 12.1. The topological polar surface area (TPSA) is 86.2 Å². The Balaban J connectivity index is 0.00000544. The van der Waals surface area contributed by atoms with Crippen LogP contribution in [0, 0.1) is 0 Å². The second-order valence-electron chi connectivity index (χ2n) is 8.75. The molecule has 0 saturated carbocycles. The number of nitrogens with zero attached hydrogens (tertiary/aromatic N) is 2. The fraction of sp³-hybridized carbons (Fsp3) is 0.440. The molecule has 2 aromatic carbocycles. The number of aliphatic hydroxyl groups is 1. The summed E-state index contributed by atoms with van der Waals surface area (Å²) >= 11 is 0. The minimum absolute atomic E-state index is 0. The highest BCUT2D eigenvalue weighted by Crippen LogP contribution is 2.14. The number of carbonyl (C=O) groups is 1. The Kier molecular flexibility index (Phi) is 12.2. The van der Waals surface area contributed by atoms with Crippen molar-refractivity contribution in [3.8, 4) is 0 Å². The van der Waals surface area contributed by atoms with Crippen LogP contribution in [0.3, 0.4) is 0 Å². The van der Waals surface area contributed by atoms with Crippen LogP contribution in [0.15, 0.2) is 59.6 Å². The predicted octanol–water partition coefficient (Wildman–Crippen LogP) is 4.11. The van der Waals surface area contributed by atoms with Crippen LogP contribution in [-0.2, 0) is 17.8 Å². The number of halogens is 1. The molecule has 1 unspecified atom stereocenters. The first-order valence-electron chi connectivity index (χ1n) is 10.8. The van der Waals surface area contributed by atoms with Crippen molar-refractivity contribution in [3.05, 3.63) is 71.3 Å². The number of ether oxygens (including phenoxy) is 1. The van der Waals surface area contributed by atoms with Crippen LogP contribution in [0.2, 0.25) is 0 Å². The number of guanidine groups is 1. The Hall–Kier alpha value is -2.33. The van der Waals surface area contributed by atoms with Gasteiger partial charge in [-0.15, -0.1) is 24.0 Å². The minimum Gasteiger partial charge on any atom is -0.444 e. The van der Waals surface area contributed by atoms with Gasteiger partial charge in [0.05, 0.1) is 6.61 Å². The smallest absolute Gasteiger partial charge is 0.410 e. The lowest BCUT2D eigenvalue weighted by atomic mass is 10.0. The molecule has 3 N–H and O–H groups in total. The zero-order chi connectivity index (χ0) is 23.6. The van der Waals surface area contributed by atoms with E-state index in [9.17, 15) is 9.90 Å². The minimum atomic E-state index is -0.508. The molecule has 2 aromatic rings. The quantitative estimate of drug-likeness (QED) is 0.254. The van der Waals surface area contributed by atoms with Crippen molar-refractivity contribution in [3.63, 3.8) is 0 Å². The van der Waals surface area contributed by atoms with Crippen molar-refractivity contribution >= 4 is 36.0 Å². The number of hydrogen-bond donors (Lipinski definition) is 3. The zero-order valence-electron chi connectivity index (χ0n) is 20.2. The van der Waals surface area contributed by atoms with Crippen LogP contribution in [0.4, 0.5) is 4.79 Å². The van der Waals surface area contributed by atoms with Crippen LogP contribution < -0.4 is 10.6 Å². The third-order valence-corrected chi connectivity index (χ3v) is 4.84. The molecule has 8 heteroatoms. The number of rotatable bonds is 8. The average Bonchev–Trinajstić information content (AvgIpc) is 2.76. The van der Waals surface area contributed by atoms with E-state index in [0.717, 1.165) is 16.7 Å². The molecule has 33 heavy (non-hydrogen) atoms. The van der Waals surface area contributed by atoms with Crippen molar-refractivity contribution in [2.75, 3.05) is 27.2 Å². The fourth-order valence-electron chi connectivity index (χ4n) is 3.08. The highest BCUT2D eigenvalue weighted by atomic mass is 127. The number of aliphatic hydroxyl groups excluding tert-OH is 1. The van der Waals surface area contributed by atoms with Gasteiger partial charge in [0.15, 0.2) is 5.96 Å². The largest absolute Gasteiger partial charge is 0.444 e. The standard InChI is InChI=1S/C25H36N4O3.HI/c1-25(2,3)32-24(31)29(5)17-20-13-11-19(12-14-20)15-27-23(26-4)28-16-22(18-30)21-9-7-6-8-10-21;/h6-14,22,30H,15-18H2,1-5H3,(H2,26,27,28);1H. The van der Waals surface area contributed by atoms with E-state index in [1.807, 2.05) is 75.4 Å². The molecule has 0 saturated heterocycles. The second kappa shape index (κ2) is 14.0. The fourth-order valence-corrected chi connectivity index (χ4v) is 3.08. The predicted molar refractivity (Wildman–Crippen MR) is 144 cm³/mol. The van der Waals surface area contributed by atoms with Crippen LogP contribution in [0.5, 0.6) is 0 Å². The number of amides is 1. The average molecular weight is 569 g/mol. The lowest BCUT2D eigenvalue weighted by molar-refractivity contribution is 0.0285. The Morgan fingerprint density at radius 1 is 1.06 bits per heavy atom. The molecule has 0 aliphatic carbocycles. The number of aliphatic imine (C=N–C) groups is 1. The third-order valence-electron chi connectivity index (χ3n) is 4.84. The maximum atomic E-state index is 12.1. The summed E-state index contributed by atoms with van der Waals surface area (Å²) in [6.07, 6.45) is -0.338. The van der Waals surface area contributed by atoms with Gasteiger partial charge in [-0.1, -0.05) is 54.6 Å². The lowest BCUT2D eigenvalue weighted by Crippen LogP contribution is -2.39. The lowest BCUT2D eigenvalue weighted by Gasteiger charge is -2.24. The number of carbonyl (C=O) groups excluding carboxylic acids is 1. The summed E-state index contributed by atoms with van der Waals surface area (Å²) in [5.41, 5.74) is 2.70. The van der Waals surface area contributed by atoms with Crippen molar-refractivity contribution in [1.82, 2.24) is 15.5 Å². The number of nitrogens with one attached hydrogen (secondary N) is 2. The van der Waals surface area contributed by atoms with Gasteiger partial charge in [-0.25, -0.2) is 4.79 Å². The summed E-state index contributed by atoms with van der Waals surface area (Å²) < 4.78 is 5.39. The van der Waals surface area contributed by atoms with Gasteiger partial charge in [0.2, 0.25) is 0 Å². The first-order chi connectivity index (χ1) is 15.2. The molecule has 0 radical (unpaired) electrons. The van der Waals surface area contributed by atoms with Gasteiger partial charge in [0.1, 0.15) is 5.60 Å².